The monoisotopic (exact) mass is 513 g/mol. The van der Waals surface area contributed by atoms with Crippen molar-refractivity contribution in [3.63, 3.8) is 0 Å². The van der Waals surface area contributed by atoms with Gasteiger partial charge in [0.25, 0.3) is 0 Å². The molecule has 1 aromatic rings. The quantitative estimate of drug-likeness (QED) is 0.360. The van der Waals surface area contributed by atoms with Gasteiger partial charge in [0.15, 0.2) is 5.96 Å². The summed E-state index contributed by atoms with van der Waals surface area (Å²) in [5, 5.41) is 6.75. The molecule has 8 heteroatoms. The number of nitrogens with one attached hydrogen (secondary N) is 2. The van der Waals surface area contributed by atoms with Crippen LogP contribution in [0.2, 0.25) is 0 Å². The Morgan fingerprint density at radius 1 is 1.24 bits per heavy atom. The van der Waals surface area contributed by atoms with Crippen molar-refractivity contribution >= 4 is 47.4 Å². The molecule has 2 aliphatic rings. The van der Waals surface area contributed by atoms with Gasteiger partial charge in [-0.1, -0.05) is 26.0 Å². The van der Waals surface area contributed by atoms with Gasteiger partial charge < -0.3 is 20.4 Å². The maximum absolute atomic E-state index is 12.1. The minimum Gasteiger partial charge on any atom is -0.352 e. The van der Waals surface area contributed by atoms with Crippen LogP contribution in [0, 0.1) is 5.92 Å². The first-order valence-electron chi connectivity index (χ1n) is 10.1. The molecule has 2 saturated heterocycles. The van der Waals surface area contributed by atoms with Crippen LogP contribution in [0.3, 0.4) is 0 Å². The zero-order valence-electron chi connectivity index (χ0n) is 17.5. The van der Waals surface area contributed by atoms with Crippen LogP contribution in [-0.2, 0) is 16.1 Å². The highest BCUT2D eigenvalue weighted by molar-refractivity contribution is 14.0. The van der Waals surface area contributed by atoms with E-state index in [2.05, 4.69) is 15.6 Å². The molecule has 160 valence electrons. The number of carbonyl (C=O) groups is 2. The van der Waals surface area contributed by atoms with Gasteiger partial charge in [0.2, 0.25) is 11.8 Å². The zero-order valence-corrected chi connectivity index (χ0v) is 19.8. The Bertz CT molecular complexity index is 735. The first-order chi connectivity index (χ1) is 13.5. The average molecular weight is 513 g/mol. The van der Waals surface area contributed by atoms with Gasteiger partial charge in [-0.3, -0.25) is 14.6 Å². The van der Waals surface area contributed by atoms with E-state index in [-0.39, 0.29) is 47.8 Å². The number of likely N-dealkylation sites (tertiary alicyclic amines) is 1. The third-order valence-electron chi connectivity index (χ3n) is 5.34. The standard InChI is InChI=1S/C21H31N5O2.HI/c1-15(2)20(28)25-12-10-17(14-25)24-21(22-3)23-13-16-6-8-18(9-7-16)26-11-4-5-19(26)27;/h6-9,15,17H,4-5,10-14H2,1-3H3,(H2,22,23,24);1H. The number of hydrogen-bond acceptors (Lipinski definition) is 3. The van der Waals surface area contributed by atoms with Crippen LogP contribution in [0.4, 0.5) is 5.69 Å². The predicted octanol–water partition coefficient (Wildman–Crippen LogP) is 2.35. The number of carbonyl (C=O) groups excluding carboxylic acids is 2. The fraction of sp³-hybridized carbons (Fsp3) is 0.571. The number of anilines is 1. The van der Waals surface area contributed by atoms with Crippen LogP contribution in [-0.4, -0.2) is 55.4 Å². The van der Waals surface area contributed by atoms with E-state index < -0.39 is 0 Å². The van der Waals surface area contributed by atoms with Gasteiger partial charge in [0, 0.05) is 57.3 Å². The lowest BCUT2D eigenvalue weighted by Crippen LogP contribution is -2.45. The summed E-state index contributed by atoms with van der Waals surface area (Å²) in [4.78, 5) is 32.0. The maximum Gasteiger partial charge on any atom is 0.227 e. The lowest BCUT2D eigenvalue weighted by Gasteiger charge is -2.20. The molecule has 2 aliphatic heterocycles. The Hall–Kier alpha value is -1.84. The summed E-state index contributed by atoms with van der Waals surface area (Å²) in [5.41, 5.74) is 2.09. The summed E-state index contributed by atoms with van der Waals surface area (Å²) < 4.78 is 0. The van der Waals surface area contributed by atoms with Crippen molar-refractivity contribution in [2.45, 2.75) is 45.7 Å². The van der Waals surface area contributed by atoms with Gasteiger partial charge in [-0.05, 0) is 30.5 Å². The number of aliphatic imine (C=N–C) groups is 1. The van der Waals surface area contributed by atoms with E-state index in [0.29, 0.717) is 13.0 Å². The first-order valence-corrected chi connectivity index (χ1v) is 10.1. The third kappa shape index (κ3) is 6.07. The Balaban J connectivity index is 0.00000300. The van der Waals surface area contributed by atoms with Gasteiger partial charge in [-0.2, -0.15) is 0 Å². The van der Waals surface area contributed by atoms with Crippen LogP contribution in [0.5, 0.6) is 0 Å². The van der Waals surface area contributed by atoms with E-state index in [1.54, 1.807) is 7.05 Å². The first kappa shape index (κ1) is 23.4. The second-order valence-electron chi connectivity index (χ2n) is 7.81. The zero-order chi connectivity index (χ0) is 20.1. The molecule has 2 amide bonds. The van der Waals surface area contributed by atoms with Crippen molar-refractivity contribution in [2.75, 3.05) is 31.6 Å². The predicted molar refractivity (Wildman–Crippen MR) is 127 cm³/mol. The van der Waals surface area contributed by atoms with Crippen LogP contribution in [0.25, 0.3) is 0 Å². The van der Waals surface area contributed by atoms with E-state index in [1.807, 2.05) is 47.9 Å². The Morgan fingerprint density at radius 3 is 2.55 bits per heavy atom. The molecule has 1 aromatic carbocycles. The van der Waals surface area contributed by atoms with Crippen molar-refractivity contribution in [1.82, 2.24) is 15.5 Å². The second-order valence-corrected chi connectivity index (χ2v) is 7.81. The lowest BCUT2D eigenvalue weighted by atomic mass is 10.2. The molecular formula is C21H32IN5O2. The van der Waals surface area contributed by atoms with Crippen LogP contribution < -0.4 is 15.5 Å². The molecule has 0 aliphatic carbocycles. The molecule has 2 fully saturated rings. The molecule has 3 rings (SSSR count). The van der Waals surface area contributed by atoms with Gasteiger partial charge in [0.1, 0.15) is 0 Å². The molecule has 7 nitrogen and oxygen atoms in total. The number of amides is 2. The smallest absolute Gasteiger partial charge is 0.227 e. The van der Waals surface area contributed by atoms with Crippen LogP contribution in [0.15, 0.2) is 29.3 Å². The van der Waals surface area contributed by atoms with Gasteiger partial charge in [-0.15, -0.1) is 24.0 Å². The highest BCUT2D eigenvalue weighted by Crippen LogP contribution is 2.21. The molecule has 1 unspecified atom stereocenters. The summed E-state index contributed by atoms with van der Waals surface area (Å²) in [6.07, 6.45) is 2.51. The van der Waals surface area contributed by atoms with E-state index in [0.717, 1.165) is 49.7 Å². The van der Waals surface area contributed by atoms with Crippen molar-refractivity contribution in [2.24, 2.45) is 10.9 Å². The molecule has 29 heavy (non-hydrogen) atoms. The van der Waals surface area contributed by atoms with Crippen LogP contribution in [0.1, 0.15) is 38.7 Å². The highest BCUT2D eigenvalue weighted by Gasteiger charge is 2.28. The molecule has 0 spiro atoms. The number of benzene rings is 1. The highest BCUT2D eigenvalue weighted by atomic mass is 127. The van der Waals surface area contributed by atoms with Gasteiger partial charge in [0.05, 0.1) is 0 Å². The van der Waals surface area contributed by atoms with Gasteiger partial charge in [-0.25, -0.2) is 0 Å². The topological polar surface area (TPSA) is 77.0 Å². The van der Waals surface area contributed by atoms with Crippen molar-refractivity contribution in [3.8, 4) is 0 Å². The number of guanidine groups is 1. The Kier molecular flexibility index (Phi) is 8.73. The summed E-state index contributed by atoms with van der Waals surface area (Å²) >= 11 is 0. The molecule has 0 aromatic heterocycles. The normalized spacial score (nSPS) is 19.5. The number of hydrogen-bond donors (Lipinski definition) is 2. The van der Waals surface area contributed by atoms with Crippen molar-refractivity contribution in [3.05, 3.63) is 29.8 Å². The largest absolute Gasteiger partial charge is 0.352 e. The van der Waals surface area contributed by atoms with E-state index >= 15 is 0 Å². The molecule has 0 bridgehead atoms. The minimum atomic E-state index is 0. The van der Waals surface area contributed by atoms with Crippen LogP contribution >= 0.6 is 24.0 Å². The Morgan fingerprint density at radius 2 is 1.97 bits per heavy atom. The van der Waals surface area contributed by atoms with E-state index in [4.69, 9.17) is 0 Å². The number of halogens is 1. The summed E-state index contributed by atoms with van der Waals surface area (Å²) in [7, 11) is 1.75. The number of nitrogens with zero attached hydrogens (tertiary/aromatic N) is 3. The molecule has 0 radical (unpaired) electrons. The summed E-state index contributed by atoms with van der Waals surface area (Å²) in [6.45, 7) is 6.85. The molecule has 2 heterocycles. The maximum atomic E-state index is 12.1. The van der Waals surface area contributed by atoms with E-state index in [9.17, 15) is 9.59 Å². The second kappa shape index (κ2) is 10.8. The fourth-order valence-electron chi connectivity index (χ4n) is 3.73. The van der Waals surface area contributed by atoms with Crippen molar-refractivity contribution in [1.29, 1.82) is 0 Å². The van der Waals surface area contributed by atoms with Gasteiger partial charge >= 0.3 is 0 Å². The summed E-state index contributed by atoms with van der Waals surface area (Å²) in [6, 6.07) is 8.31. The average Bonchev–Trinajstić information content (AvgIpc) is 3.33. The minimum absolute atomic E-state index is 0. The molecule has 0 saturated carbocycles. The van der Waals surface area contributed by atoms with E-state index in [1.165, 1.54) is 0 Å². The molecule has 2 N–H and O–H groups in total. The summed E-state index contributed by atoms with van der Waals surface area (Å²) in [5.74, 6) is 1.19. The SMILES string of the molecule is CN=C(NCc1ccc(N2CCCC2=O)cc1)NC1CCN(C(=O)C(C)C)C1.I. The molecular weight excluding hydrogens is 481 g/mol. The fourth-order valence-corrected chi connectivity index (χ4v) is 3.73. The van der Waals surface area contributed by atoms with Crippen molar-refractivity contribution < 1.29 is 9.59 Å². The molecule has 1 atom stereocenters. The lowest BCUT2D eigenvalue weighted by molar-refractivity contribution is -0.133. The Labute approximate surface area is 190 Å². The third-order valence-corrected chi connectivity index (χ3v) is 5.34. The number of rotatable bonds is 5.